The average molecular weight is 281 g/mol. The van der Waals surface area contributed by atoms with Gasteiger partial charge in [0.2, 0.25) is 0 Å². The number of nitrogens with one attached hydrogen (secondary N) is 1. The summed E-state index contributed by atoms with van der Waals surface area (Å²) in [4.78, 5) is 0. The first-order valence-corrected chi connectivity index (χ1v) is 6.86. The van der Waals surface area contributed by atoms with Gasteiger partial charge in [0.1, 0.15) is 5.82 Å². The first-order chi connectivity index (χ1) is 9.19. The summed E-state index contributed by atoms with van der Waals surface area (Å²) in [5.74, 6) is -0.373. The van der Waals surface area contributed by atoms with E-state index in [1.807, 2.05) is 0 Å². The van der Waals surface area contributed by atoms with Gasteiger partial charge >= 0.3 is 0 Å². The molecule has 0 aliphatic rings. The van der Waals surface area contributed by atoms with Crippen molar-refractivity contribution in [3.63, 3.8) is 0 Å². The van der Waals surface area contributed by atoms with Crippen molar-refractivity contribution in [1.29, 1.82) is 0 Å². The quantitative estimate of drug-likeness (QED) is 0.847. The Morgan fingerprint density at radius 3 is 2.74 bits per heavy atom. The van der Waals surface area contributed by atoms with Gasteiger partial charge in [0.05, 0.1) is 5.02 Å². The summed E-state index contributed by atoms with van der Waals surface area (Å²) in [6.07, 6.45) is 5.37. The van der Waals surface area contributed by atoms with Gasteiger partial charge in [-0.1, -0.05) is 24.6 Å². The molecule has 0 amide bonds. The zero-order valence-electron chi connectivity index (χ0n) is 11.0. The second kappa shape index (κ2) is 6.73. The van der Waals surface area contributed by atoms with Crippen LogP contribution in [0.2, 0.25) is 5.02 Å². The highest BCUT2D eigenvalue weighted by Crippen LogP contribution is 2.15. The molecular formula is C15H18ClFN2. The summed E-state index contributed by atoms with van der Waals surface area (Å²) in [6, 6.07) is 6.92. The number of hydrogen-bond donors (Lipinski definition) is 1. The van der Waals surface area contributed by atoms with Crippen LogP contribution in [0.5, 0.6) is 0 Å². The minimum atomic E-state index is -0.373. The molecule has 102 valence electrons. The van der Waals surface area contributed by atoms with Crippen molar-refractivity contribution < 1.29 is 4.39 Å². The molecule has 2 rings (SSSR count). The Morgan fingerprint density at radius 2 is 2.00 bits per heavy atom. The molecule has 1 aromatic heterocycles. The van der Waals surface area contributed by atoms with Crippen LogP contribution < -0.4 is 5.32 Å². The summed E-state index contributed by atoms with van der Waals surface area (Å²) in [6.45, 7) is 4.69. The van der Waals surface area contributed by atoms with Crippen LogP contribution in [0.1, 0.15) is 24.5 Å². The molecule has 0 aliphatic carbocycles. The van der Waals surface area contributed by atoms with Crippen LogP contribution >= 0.6 is 11.6 Å². The van der Waals surface area contributed by atoms with Crippen LogP contribution in [0.4, 0.5) is 4.39 Å². The maximum Gasteiger partial charge on any atom is 0.141 e. The number of benzene rings is 1. The molecule has 4 heteroatoms. The van der Waals surface area contributed by atoms with E-state index < -0.39 is 0 Å². The maximum atomic E-state index is 13.0. The second-order valence-corrected chi connectivity index (χ2v) is 5.02. The zero-order valence-corrected chi connectivity index (χ0v) is 11.8. The second-order valence-electron chi connectivity index (χ2n) is 4.61. The summed E-state index contributed by atoms with van der Waals surface area (Å²) >= 11 is 5.74. The molecule has 0 saturated heterocycles. The molecule has 0 spiro atoms. The van der Waals surface area contributed by atoms with Gasteiger partial charge in [-0.2, -0.15) is 0 Å². The zero-order chi connectivity index (χ0) is 13.7. The Labute approximate surface area is 118 Å². The minimum Gasteiger partial charge on any atom is -0.354 e. The van der Waals surface area contributed by atoms with Crippen molar-refractivity contribution in [2.24, 2.45) is 0 Å². The standard InChI is InChI=1S/C15H18ClFN2/c1-2-6-19-7-5-13(11-19)10-18-9-12-3-4-15(17)14(16)8-12/h3-5,7-8,11,18H,2,6,9-10H2,1H3. The van der Waals surface area contributed by atoms with Gasteiger partial charge in [-0.05, 0) is 35.7 Å². The number of nitrogens with zero attached hydrogens (tertiary/aromatic N) is 1. The molecule has 2 aromatic rings. The lowest BCUT2D eigenvalue weighted by molar-refractivity contribution is 0.625. The summed E-state index contributed by atoms with van der Waals surface area (Å²) in [5.41, 5.74) is 2.24. The molecule has 0 atom stereocenters. The lowest BCUT2D eigenvalue weighted by atomic mass is 10.2. The predicted octanol–water partition coefficient (Wildman–Crippen LogP) is 3.98. The van der Waals surface area contributed by atoms with Crippen molar-refractivity contribution in [3.05, 3.63) is 58.6 Å². The molecule has 1 aromatic carbocycles. The molecule has 2 nitrogen and oxygen atoms in total. The van der Waals surface area contributed by atoms with Gasteiger partial charge in [-0.3, -0.25) is 0 Å². The third-order valence-electron chi connectivity index (χ3n) is 2.94. The van der Waals surface area contributed by atoms with Crippen LogP contribution in [0, 0.1) is 5.82 Å². The van der Waals surface area contributed by atoms with Gasteiger partial charge in [0.15, 0.2) is 0 Å². The van der Waals surface area contributed by atoms with E-state index in [0.29, 0.717) is 6.54 Å². The normalized spacial score (nSPS) is 10.9. The topological polar surface area (TPSA) is 17.0 Å². The van der Waals surface area contributed by atoms with Gasteiger partial charge in [-0.25, -0.2) is 4.39 Å². The summed E-state index contributed by atoms with van der Waals surface area (Å²) in [5, 5.41) is 3.50. The van der Waals surface area contributed by atoms with E-state index in [4.69, 9.17) is 11.6 Å². The van der Waals surface area contributed by atoms with Gasteiger partial charge in [0.25, 0.3) is 0 Å². The highest BCUT2D eigenvalue weighted by molar-refractivity contribution is 6.30. The van der Waals surface area contributed by atoms with Crippen molar-refractivity contribution in [2.75, 3.05) is 0 Å². The fourth-order valence-electron chi connectivity index (χ4n) is 1.99. The molecule has 0 saturated carbocycles. The molecule has 1 heterocycles. The van der Waals surface area contributed by atoms with Crippen LogP contribution in [0.3, 0.4) is 0 Å². The Balaban J connectivity index is 1.83. The molecule has 0 radical (unpaired) electrons. The Kier molecular flexibility index (Phi) is 5.00. The number of halogens is 2. The van der Waals surface area contributed by atoms with E-state index in [1.165, 1.54) is 11.6 Å². The first kappa shape index (κ1) is 14.1. The number of rotatable bonds is 6. The Morgan fingerprint density at radius 1 is 1.21 bits per heavy atom. The van der Waals surface area contributed by atoms with Gasteiger partial charge < -0.3 is 9.88 Å². The summed E-state index contributed by atoms with van der Waals surface area (Å²) in [7, 11) is 0. The molecule has 0 aliphatic heterocycles. The van der Waals surface area contributed by atoms with Crippen molar-refractivity contribution in [1.82, 2.24) is 9.88 Å². The molecule has 0 bridgehead atoms. The summed E-state index contributed by atoms with van der Waals surface area (Å²) < 4.78 is 15.2. The van der Waals surface area contributed by atoms with E-state index in [9.17, 15) is 4.39 Å². The fourth-order valence-corrected chi connectivity index (χ4v) is 2.20. The van der Waals surface area contributed by atoms with Crippen LogP contribution in [-0.2, 0) is 19.6 Å². The third-order valence-corrected chi connectivity index (χ3v) is 3.23. The van der Waals surface area contributed by atoms with Crippen LogP contribution in [0.25, 0.3) is 0 Å². The van der Waals surface area contributed by atoms with E-state index >= 15 is 0 Å². The van der Waals surface area contributed by atoms with Crippen LogP contribution in [-0.4, -0.2) is 4.57 Å². The van der Waals surface area contributed by atoms with Gasteiger partial charge in [0, 0.05) is 32.0 Å². The molecule has 19 heavy (non-hydrogen) atoms. The molecule has 0 fully saturated rings. The van der Waals surface area contributed by atoms with E-state index in [-0.39, 0.29) is 10.8 Å². The van der Waals surface area contributed by atoms with E-state index in [1.54, 1.807) is 12.1 Å². The van der Waals surface area contributed by atoms with Gasteiger partial charge in [-0.15, -0.1) is 0 Å². The minimum absolute atomic E-state index is 0.174. The van der Waals surface area contributed by atoms with Crippen molar-refractivity contribution >= 4 is 11.6 Å². The smallest absolute Gasteiger partial charge is 0.141 e. The SMILES string of the molecule is CCCn1ccc(CNCc2ccc(F)c(Cl)c2)c1. The number of hydrogen-bond acceptors (Lipinski definition) is 1. The van der Waals surface area contributed by atoms with E-state index in [2.05, 4.69) is 35.3 Å². The average Bonchev–Trinajstić information content (AvgIpc) is 2.82. The lowest BCUT2D eigenvalue weighted by Crippen LogP contribution is -2.12. The Hall–Kier alpha value is -1.32. The number of aryl methyl sites for hydroxylation is 1. The molecular weight excluding hydrogens is 263 g/mol. The maximum absolute atomic E-state index is 13.0. The Bertz CT molecular complexity index is 537. The molecule has 1 N–H and O–H groups in total. The first-order valence-electron chi connectivity index (χ1n) is 6.48. The van der Waals surface area contributed by atoms with Crippen LogP contribution in [0.15, 0.2) is 36.7 Å². The predicted molar refractivity (Wildman–Crippen MR) is 76.7 cm³/mol. The van der Waals surface area contributed by atoms with Crippen molar-refractivity contribution in [3.8, 4) is 0 Å². The fraction of sp³-hybridized carbons (Fsp3) is 0.333. The molecule has 0 unspecified atom stereocenters. The lowest BCUT2D eigenvalue weighted by Gasteiger charge is -2.05. The monoisotopic (exact) mass is 280 g/mol. The number of aromatic nitrogens is 1. The highest BCUT2D eigenvalue weighted by Gasteiger charge is 2.01. The van der Waals surface area contributed by atoms with Crippen molar-refractivity contribution in [2.45, 2.75) is 33.0 Å². The largest absolute Gasteiger partial charge is 0.354 e. The third kappa shape index (κ3) is 4.08. The highest BCUT2D eigenvalue weighted by atomic mass is 35.5. The van der Waals surface area contributed by atoms with E-state index in [0.717, 1.165) is 25.1 Å².